The van der Waals surface area contributed by atoms with Gasteiger partial charge in [-0.3, -0.25) is 4.79 Å². The number of nitriles is 1. The van der Waals surface area contributed by atoms with E-state index in [0.29, 0.717) is 13.2 Å². The highest BCUT2D eigenvalue weighted by atomic mass is 16.5. The molecule has 3 aromatic rings. The van der Waals surface area contributed by atoms with Gasteiger partial charge in [0.1, 0.15) is 11.6 Å². The van der Waals surface area contributed by atoms with E-state index in [1.807, 2.05) is 66.7 Å². The maximum Gasteiger partial charge on any atom is 0.262 e. The molecule has 0 bridgehead atoms. The van der Waals surface area contributed by atoms with E-state index in [4.69, 9.17) is 4.74 Å². The van der Waals surface area contributed by atoms with E-state index in [1.54, 1.807) is 13.2 Å². The van der Waals surface area contributed by atoms with Crippen LogP contribution >= 0.6 is 0 Å². The molecule has 5 heteroatoms. The Kier molecular flexibility index (Phi) is 7.37. The summed E-state index contributed by atoms with van der Waals surface area (Å²) in [6.45, 7) is 0.754. The molecule has 3 rings (SSSR count). The number of nitrogens with zero attached hydrogens (tertiary/aromatic N) is 2. The summed E-state index contributed by atoms with van der Waals surface area (Å²) in [5.74, 6) is -0.408. The molecular weight excluding hydrogens is 374 g/mol. The molecule has 0 saturated heterocycles. The number of amides is 1. The predicted molar refractivity (Wildman–Crippen MR) is 120 cm³/mol. The van der Waals surface area contributed by atoms with E-state index in [9.17, 15) is 10.1 Å². The van der Waals surface area contributed by atoms with Gasteiger partial charge in [0.2, 0.25) is 0 Å². The highest BCUT2D eigenvalue weighted by Gasteiger charge is 2.12. The van der Waals surface area contributed by atoms with Crippen LogP contribution in [0, 0.1) is 11.3 Å². The smallest absolute Gasteiger partial charge is 0.262 e. The summed E-state index contributed by atoms with van der Waals surface area (Å²) in [6.07, 6.45) is 1.58. The maximum atomic E-state index is 12.1. The molecule has 5 nitrogen and oxygen atoms in total. The summed E-state index contributed by atoms with van der Waals surface area (Å²) in [5, 5.41) is 12.0. The quantitative estimate of drug-likeness (QED) is 0.336. The molecule has 1 N–H and O–H groups in total. The lowest BCUT2D eigenvalue weighted by molar-refractivity contribution is -0.117. The lowest BCUT2D eigenvalue weighted by Crippen LogP contribution is -2.27. The Morgan fingerprint density at radius 1 is 0.933 bits per heavy atom. The molecule has 1 amide bonds. The lowest BCUT2D eigenvalue weighted by Gasteiger charge is -2.25. The Labute approximate surface area is 176 Å². The first-order valence-electron chi connectivity index (χ1n) is 9.62. The zero-order valence-corrected chi connectivity index (χ0v) is 16.8. The Bertz CT molecular complexity index is 984. The minimum atomic E-state index is -0.408. The number of hydrogen-bond acceptors (Lipinski definition) is 4. The summed E-state index contributed by atoms with van der Waals surface area (Å²) < 4.78 is 4.91. The molecule has 3 aromatic carbocycles. The molecule has 0 spiro atoms. The van der Waals surface area contributed by atoms with Crippen molar-refractivity contribution in [3.05, 3.63) is 96.1 Å². The van der Waals surface area contributed by atoms with Crippen LogP contribution < -0.4 is 10.2 Å². The third kappa shape index (κ3) is 5.34. The normalized spacial score (nSPS) is 10.9. The molecule has 0 aliphatic heterocycles. The third-order valence-corrected chi connectivity index (χ3v) is 4.45. The zero-order chi connectivity index (χ0) is 21.2. The van der Waals surface area contributed by atoms with Gasteiger partial charge in [-0.1, -0.05) is 48.5 Å². The van der Waals surface area contributed by atoms with Crippen LogP contribution in [0.3, 0.4) is 0 Å². The fourth-order valence-corrected chi connectivity index (χ4v) is 3.00. The summed E-state index contributed by atoms with van der Waals surface area (Å²) in [4.78, 5) is 14.3. The second kappa shape index (κ2) is 10.6. The van der Waals surface area contributed by atoms with E-state index in [2.05, 4.69) is 34.5 Å². The van der Waals surface area contributed by atoms with Crippen LogP contribution in [0.4, 0.5) is 17.1 Å². The number of benzene rings is 3. The van der Waals surface area contributed by atoms with Crippen LogP contribution in [0.5, 0.6) is 0 Å². The average molecular weight is 397 g/mol. The Morgan fingerprint density at radius 3 is 1.97 bits per heavy atom. The SMILES string of the molecule is COCCNC(=O)C(C#N)=Cc1ccc(N(c2ccccc2)c2ccccc2)cc1. The van der Waals surface area contributed by atoms with Gasteiger partial charge < -0.3 is 15.0 Å². The summed E-state index contributed by atoms with van der Waals surface area (Å²) in [5.41, 5.74) is 3.90. The molecule has 0 saturated carbocycles. The first-order valence-corrected chi connectivity index (χ1v) is 9.62. The summed E-state index contributed by atoms with van der Waals surface area (Å²) in [6, 6.07) is 29.9. The van der Waals surface area contributed by atoms with Crippen molar-refractivity contribution in [1.29, 1.82) is 5.26 Å². The first-order chi connectivity index (χ1) is 14.7. The molecule has 0 aromatic heterocycles. The monoisotopic (exact) mass is 397 g/mol. The van der Waals surface area contributed by atoms with Crippen LogP contribution in [0.15, 0.2) is 90.5 Å². The number of para-hydroxylation sites is 2. The fraction of sp³-hybridized carbons (Fsp3) is 0.120. The zero-order valence-electron chi connectivity index (χ0n) is 16.8. The van der Waals surface area contributed by atoms with Gasteiger partial charge in [-0.05, 0) is 48.0 Å². The van der Waals surface area contributed by atoms with E-state index in [0.717, 1.165) is 22.6 Å². The van der Waals surface area contributed by atoms with Gasteiger partial charge in [-0.15, -0.1) is 0 Å². The first kappa shape index (κ1) is 20.8. The summed E-state index contributed by atoms with van der Waals surface area (Å²) >= 11 is 0. The van der Waals surface area contributed by atoms with Crippen molar-refractivity contribution < 1.29 is 9.53 Å². The molecule has 0 unspecified atom stereocenters. The molecule has 0 aliphatic carbocycles. The topological polar surface area (TPSA) is 65.4 Å². The molecule has 30 heavy (non-hydrogen) atoms. The van der Waals surface area contributed by atoms with E-state index < -0.39 is 5.91 Å². The Morgan fingerprint density at radius 2 is 1.47 bits per heavy atom. The number of carbonyl (C=O) groups excluding carboxylic acids is 1. The Hall–Kier alpha value is -3.88. The van der Waals surface area contributed by atoms with Crippen LogP contribution in [0.2, 0.25) is 0 Å². The highest BCUT2D eigenvalue weighted by Crippen LogP contribution is 2.34. The van der Waals surface area contributed by atoms with Gasteiger partial charge in [0.05, 0.1) is 6.61 Å². The number of anilines is 3. The van der Waals surface area contributed by atoms with Gasteiger partial charge in [0.25, 0.3) is 5.91 Å². The van der Waals surface area contributed by atoms with Gasteiger partial charge in [0, 0.05) is 30.7 Å². The van der Waals surface area contributed by atoms with E-state index in [-0.39, 0.29) is 5.57 Å². The number of ether oxygens (including phenoxy) is 1. The van der Waals surface area contributed by atoms with Crippen molar-refractivity contribution in [1.82, 2.24) is 5.32 Å². The minimum Gasteiger partial charge on any atom is -0.383 e. The average Bonchev–Trinajstić information content (AvgIpc) is 2.80. The minimum absolute atomic E-state index is 0.0572. The maximum absolute atomic E-state index is 12.1. The highest BCUT2D eigenvalue weighted by molar-refractivity contribution is 6.01. The van der Waals surface area contributed by atoms with Crippen molar-refractivity contribution in [3.63, 3.8) is 0 Å². The van der Waals surface area contributed by atoms with E-state index >= 15 is 0 Å². The molecular formula is C25H23N3O2. The predicted octanol–water partition coefficient (Wildman–Crippen LogP) is 4.83. The van der Waals surface area contributed by atoms with Crippen molar-refractivity contribution in [2.45, 2.75) is 0 Å². The second-order valence-corrected chi connectivity index (χ2v) is 6.52. The van der Waals surface area contributed by atoms with Crippen LogP contribution in [0.25, 0.3) is 6.08 Å². The number of carbonyl (C=O) groups is 1. The number of nitrogens with one attached hydrogen (secondary N) is 1. The van der Waals surface area contributed by atoms with Crippen LogP contribution in [-0.4, -0.2) is 26.2 Å². The van der Waals surface area contributed by atoms with E-state index in [1.165, 1.54) is 0 Å². The molecule has 150 valence electrons. The van der Waals surface area contributed by atoms with Gasteiger partial charge in [0.15, 0.2) is 0 Å². The second-order valence-electron chi connectivity index (χ2n) is 6.52. The molecule has 0 heterocycles. The molecule has 0 fully saturated rings. The van der Waals surface area contributed by atoms with Crippen molar-refractivity contribution in [3.8, 4) is 6.07 Å². The van der Waals surface area contributed by atoms with Crippen molar-refractivity contribution >= 4 is 29.0 Å². The number of rotatable bonds is 8. The van der Waals surface area contributed by atoms with Crippen LogP contribution in [-0.2, 0) is 9.53 Å². The third-order valence-electron chi connectivity index (χ3n) is 4.45. The van der Waals surface area contributed by atoms with Crippen LogP contribution in [0.1, 0.15) is 5.56 Å². The van der Waals surface area contributed by atoms with Gasteiger partial charge in [-0.25, -0.2) is 0 Å². The fourth-order valence-electron chi connectivity index (χ4n) is 3.00. The lowest BCUT2D eigenvalue weighted by atomic mass is 10.1. The number of hydrogen-bond donors (Lipinski definition) is 1. The van der Waals surface area contributed by atoms with Gasteiger partial charge >= 0.3 is 0 Å². The Balaban J connectivity index is 1.87. The van der Waals surface area contributed by atoms with Crippen molar-refractivity contribution in [2.75, 3.05) is 25.2 Å². The molecule has 0 radical (unpaired) electrons. The summed E-state index contributed by atoms with van der Waals surface area (Å²) in [7, 11) is 1.56. The van der Waals surface area contributed by atoms with Gasteiger partial charge in [-0.2, -0.15) is 5.26 Å². The molecule has 0 aliphatic rings. The number of methoxy groups -OCH3 is 1. The molecule has 0 atom stereocenters. The van der Waals surface area contributed by atoms with Crippen molar-refractivity contribution in [2.24, 2.45) is 0 Å². The standard InChI is InChI=1S/C25H23N3O2/c1-30-17-16-27-25(29)21(19-26)18-20-12-14-24(15-13-20)28(22-8-4-2-5-9-22)23-10-6-3-7-11-23/h2-15,18H,16-17H2,1H3,(H,27,29). The largest absolute Gasteiger partial charge is 0.383 e.